The van der Waals surface area contributed by atoms with Crippen molar-refractivity contribution in [1.29, 1.82) is 0 Å². The van der Waals surface area contributed by atoms with Crippen LogP contribution >= 0.6 is 11.8 Å². The summed E-state index contributed by atoms with van der Waals surface area (Å²) in [5, 5.41) is 6.00. The Morgan fingerprint density at radius 1 is 1.17 bits per heavy atom. The predicted octanol–water partition coefficient (Wildman–Crippen LogP) is 2.26. The van der Waals surface area contributed by atoms with Gasteiger partial charge in [0, 0.05) is 5.41 Å². The first-order valence-corrected chi connectivity index (χ1v) is 4.60. The van der Waals surface area contributed by atoms with Crippen LogP contribution in [0.25, 0.3) is 5.70 Å². The van der Waals surface area contributed by atoms with Crippen molar-refractivity contribution < 1.29 is 0 Å². The Balaban J connectivity index is 2.26. The third kappa shape index (κ3) is 1.51. The number of rotatable bonds is 1. The molecule has 1 aliphatic rings. The van der Waals surface area contributed by atoms with Crippen molar-refractivity contribution in [2.24, 2.45) is 5.10 Å². The average molecular weight is 176 g/mol. The molecule has 0 saturated carbocycles. The molecule has 0 aliphatic carbocycles. The first-order valence-electron chi connectivity index (χ1n) is 3.65. The van der Waals surface area contributed by atoms with Crippen LogP contribution in [0.1, 0.15) is 5.56 Å². The van der Waals surface area contributed by atoms with Crippen molar-refractivity contribution in [2.45, 2.75) is 0 Å². The van der Waals surface area contributed by atoms with Crippen molar-refractivity contribution in [3.8, 4) is 0 Å². The third-order valence-electron chi connectivity index (χ3n) is 1.57. The average Bonchev–Trinajstić information content (AvgIpc) is 2.21. The van der Waals surface area contributed by atoms with E-state index < -0.39 is 0 Å². The normalized spacial score (nSPS) is 15.2. The van der Waals surface area contributed by atoms with Gasteiger partial charge in [0.05, 0.1) is 11.2 Å². The molecule has 0 aromatic heterocycles. The lowest BCUT2D eigenvalue weighted by molar-refractivity contribution is 1.00. The lowest BCUT2D eigenvalue weighted by Gasteiger charge is -2.08. The largest absolute Gasteiger partial charge is 0.277 e. The van der Waals surface area contributed by atoms with Gasteiger partial charge in [-0.05, 0) is 5.56 Å². The van der Waals surface area contributed by atoms with Crippen LogP contribution in [0.3, 0.4) is 0 Å². The van der Waals surface area contributed by atoms with Gasteiger partial charge in [-0.15, -0.1) is 0 Å². The van der Waals surface area contributed by atoms with Crippen molar-refractivity contribution in [3.05, 3.63) is 41.3 Å². The SMILES string of the molecule is C1=NNC(c2ccccc2)=CS1. The maximum absolute atomic E-state index is 3.95. The minimum Gasteiger partial charge on any atom is -0.277 e. The molecule has 1 aromatic carbocycles. The highest BCUT2D eigenvalue weighted by Crippen LogP contribution is 2.17. The van der Waals surface area contributed by atoms with E-state index in [2.05, 4.69) is 22.7 Å². The molecule has 12 heavy (non-hydrogen) atoms. The van der Waals surface area contributed by atoms with Crippen LogP contribution in [-0.4, -0.2) is 5.55 Å². The molecule has 0 bridgehead atoms. The molecule has 1 N–H and O–H groups in total. The summed E-state index contributed by atoms with van der Waals surface area (Å²) in [6, 6.07) is 10.1. The van der Waals surface area contributed by atoms with Gasteiger partial charge in [-0.1, -0.05) is 42.1 Å². The second-order valence-electron chi connectivity index (χ2n) is 2.38. The van der Waals surface area contributed by atoms with Gasteiger partial charge in [-0.25, -0.2) is 0 Å². The molecule has 1 aromatic rings. The van der Waals surface area contributed by atoms with Gasteiger partial charge in [-0.2, -0.15) is 5.10 Å². The fourth-order valence-electron chi connectivity index (χ4n) is 1.00. The quantitative estimate of drug-likeness (QED) is 0.709. The second kappa shape index (κ2) is 3.45. The van der Waals surface area contributed by atoms with E-state index in [0.29, 0.717) is 0 Å². The summed E-state index contributed by atoms with van der Waals surface area (Å²) in [4.78, 5) is 0. The highest BCUT2D eigenvalue weighted by molar-refractivity contribution is 8.14. The second-order valence-corrected chi connectivity index (χ2v) is 3.10. The minimum absolute atomic E-state index is 1.06. The Bertz CT molecular complexity index is 317. The Kier molecular flexibility index (Phi) is 2.14. The minimum atomic E-state index is 1.06. The van der Waals surface area contributed by atoms with Gasteiger partial charge in [0.2, 0.25) is 0 Å². The lowest BCUT2D eigenvalue weighted by Crippen LogP contribution is -2.05. The molecular weight excluding hydrogens is 168 g/mol. The fraction of sp³-hybridized carbons (Fsp3) is 0. The van der Waals surface area contributed by atoms with Gasteiger partial charge < -0.3 is 0 Å². The number of hydrogen-bond acceptors (Lipinski definition) is 3. The molecule has 1 aliphatic heterocycles. The molecule has 0 unspecified atom stereocenters. The standard InChI is InChI=1S/C9H8N2S/c1-2-4-8(5-3-1)9-6-12-7-10-11-9/h1-7,11H. The van der Waals surface area contributed by atoms with E-state index in [-0.39, 0.29) is 0 Å². The maximum Gasteiger partial charge on any atom is 0.0844 e. The summed E-state index contributed by atoms with van der Waals surface area (Å²) in [6.45, 7) is 0. The molecule has 3 heteroatoms. The molecule has 0 fully saturated rings. The van der Waals surface area contributed by atoms with Crippen molar-refractivity contribution in [2.75, 3.05) is 0 Å². The molecule has 0 radical (unpaired) electrons. The zero-order valence-corrected chi connectivity index (χ0v) is 7.21. The van der Waals surface area contributed by atoms with Gasteiger partial charge in [-0.3, -0.25) is 5.43 Å². The third-order valence-corrected chi connectivity index (χ3v) is 2.17. The van der Waals surface area contributed by atoms with Gasteiger partial charge in [0.15, 0.2) is 0 Å². The fourth-order valence-corrected chi connectivity index (χ4v) is 1.50. The van der Waals surface area contributed by atoms with Crippen molar-refractivity contribution in [3.63, 3.8) is 0 Å². The van der Waals surface area contributed by atoms with Gasteiger partial charge in [0.1, 0.15) is 0 Å². The maximum atomic E-state index is 3.95. The van der Waals surface area contributed by atoms with Crippen LogP contribution in [0.4, 0.5) is 0 Å². The monoisotopic (exact) mass is 176 g/mol. The smallest absolute Gasteiger partial charge is 0.0844 e. The number of hydrazone groups is 1. The predicted molar refractivity (Wildman–Crippen MR) is 53.6 cm³/mol. The Hall–Kier alpha value is -1.22. The number of hydrogen-bond donors (Lipinski definition) is 1. The molecule has 0 amide bonds. The summed E-state index contributed by atoms with van der Waals surface area (Å²) in [5.41, 5.74) is 6.94. The highest BCUT2D eigenvalue weighted by Gasteiger charge is 2.00. The van der Waals surface area contributed by atoms with Crippen LogP contribution in [0.5, 0.6) is 0 Å². The zero-order chi connectivity index (χ0) is 8.23. The summed E-state index contributed by atoms with van der Waals surface area (Å²) >= 11 is 1.58. The highest BCUT2D eigenvalue weighted by atomic mass is 32.2. The number of benzene rings is 1. The Morgan fingerprint density at radius 3 is 2.67 bits per heavy atom. The van der Waals surface area contributed by atoms with E-state index in [0.717, 1.165) is 5.70 Å². The summed E-state index contributed by atoms with van der Waals surface area (Å²) < 4.78 is 0. The summed E-state index contributed by atoms with van der Waals surface area (Å²) in [5.74, 6) is 0. The van der Waals surface area contributed by atoms with Crippen molar-refractivity contribution >= 4 is 23.0 Å². The molecule has 0 spiro atoms. The van der Waals surface area contributed by atoms with E-state index in [9.17, 15) is 0 Å². The molecule has 0 atom stereocenters. The van der Waals surface area contributed by atoms with E-state index in [1.54, 1.807) is 17.3 Å². The molecular formula is C9H8N2S. The Labute approximate surface area is 75.4 Å². The molecule has 60 valence electrons. The van der Waals surface area contributed by atoms with Gasteiger partial charge >= 0.3 is 0 Å². The van der Waals surface area contributed by atoms with Gasteiger partial charge in [0.25, 0.3) is 0 Å². The molecule has 1 heterocycles. The first kappa shape index (κ1) is 7.43. The topological polar surface area (TPSA) is 24.4 Å². The molecule has 2 rings (SSSR count). The van der Waals surface area contributed by atoms with Crippen molar-refractivity contribution in [1.82, 2.24) is 5.43 Å². The van der Waals surface area contributed by atoms with Crippen LogP contribution in [-0.2, 0) is 0 Å². The lowest BCUT2D eigenvalue weighted by atomic mass is 10.2. The van der Waals surface area contributed by atoms with E-state index in [4.69, 9.17) is 0 Å². The van der Waals surface area contributed by atoms with Crippen LogP contribution in [0.2, 0.25) is 0 Å². The Morgan fingerprint density at radius 2 is 2.00 bits per heavy atom. The van der Waals surface area contributed by atoms with Crippen LogP contribution in [0.15, 0.2) is 40.8 Å². The number of nitrogens with zero attached hydrogens (tertiary/aromatic N) is 1. The number of thioether (sulfide) groups is 1. The van der Waals surface area contributed by atoms with E-state index in [1.807, 2.05) is 23.6 Å². The van der Waals surface area contributed by atoms with E-state index in [1.165, 1.54) is 5.56 Å². The molecule has 2 nitrogen and oxygen atoms in total. The summed E-state index contributed by atoms with van der Waals surface area (Å²) in [6.07, 6.45) is 0. The van der Waals surface area contributed by atoms with E-state index >= 15 is 0 Å². The number of nitrogens with one attached hydrogen (secondary N) is 1. The first-order chi connectivity index (χ1) is 5.97. The molecule has 0 saturated heterocycles. The van der Waals surface area contributed by atoms with Crippen LogP contribution < -0.4 is 5.43 Å². The zero-order valence-electron chi connectivity index (χ0n) is 6.40. The van der Waals surface area contributed by atoms with Crippen LogP contribution in [0, 0.1) is 0 Å². The summed E-state index contributed by atoms with van der Waals surface area (Å²) in [7, 11) is 0.